The molecule has 0 aliphatic carbocycles. The predicted molar refractivity (Wildman–Crippen MR) is 66.0 cm³/mol. The van der Waals surface area contributed by atoms with Crippen molar-refractivity contribution in [3.63, 3.8) is 0 Å². The van der Waals surface area contributed by atoms with Gasteiger partial charge in [-0.1, -0.05) is 0 Å². The fourth-order valence-electron chi connectivity index (χ4n) is 1.08. The molecule has 0 saturated carbocycles. The highest BCUT2D eigenvalue weighted by atomic mass is 31.2. The molecule has 96 valence electrons. The third-order valence-corrected chi connectivity index (χ3v) is 6.47. The van der Waals surface area contributed by atoms with Gasteiger partial charge in [-0.3, -0.25) is 15.0 Å². The highest BCUT2D eigenvalue weighted by Crippen LogP contribution is 2.40. The van der Waals surface area contributed by atoms with Crippen LogP contribution in [0.3, 0.4) is 0 Å². The molecule has 0 amide bonds. The molecular weight excluding hydrogens is 250 g/mol. The Balaban J connectivity index is 4.67. The molecule has 0 aliphatic heterocycles. The number of hydrogen-bond donors (Lipinski definition) is 3. The van der Waals surface area contributed by atoms with Gasteiger partial charge in [0.15, 0.2) is 21.3 Å². The van der Waals surface area contributed by atoms with Crippen LogP contribution in [0.25, 0.3) is 0 Å². The molecule has 6 nitrogen and oxygen atoms in total. The molecule has 0 radical (unpaired) electrons. The Labute approximate surface area is 96.9 Å². The summed E-state index contributed by atoms with van der Waals surface area (Å²) in [5, 5.41) is 12.8. The Morgan fingerprint density at radius 3 is 1.50 bits per heavy atom. The minimum absolute atomic E-state index is 0.0953. The van der Waals surface area contributed by atoms with Crippen molar-refractivity contribution < 1.29 is 19.0 Å². The van der Waals surface area contributed by atoms with Crippen molar-refractivity contribution in [2.45, 2.75) is 45.2 Å². The molecule has 0 rings (SSSR count). The first-order valence-corrected chi connectivity index (χ1v) is 8.06. The molecule has 0 aromatic carbocycles. The summed E-state index contributed by atoms with van der Waals surface area (Å²) in [4.78, 5) is 10.9. The second-order valence-corrected chi connectivity index (χ2v) is 7.86. The Morgan fingerprint density at radius 2 is 1.31 bits per heavy atom. The van der Waals surface area contributed by atoms with E-state index in [4.69, 9.17) is 5.11 Å². The first-order valence-electron chi connectivity index (χ1n) is 5.09. The van der Waals surface area contributed by atoms with Gasteiger partial charge >= 0.3 is 5.97 Å². The summed E-state index contributed by atoms with van der Waals surface area (Å²) in [6.07, 6.45) is 0. The van der Waals surface area contributed by atoms with Gasteiger partial charge in [0, 0.05) is 12.1 Å². The topological polar surface area (TPSA) is 95.5 Å². The van der Waals surface area contributed by atoms with E-state index in [-0.39, 0.29) is 12.1 Å². The summed E-state index contributed by atoms with van der Waals surface area (Å²) in [6, 6.07) is -0.191. The first kappa shape index (κ1) is 15.9. The van der Waals surface area contributed by atoms with Crippen molar-refractivity contribution in [1.29, 1.82) is 0 Å². The van der Waals surface area contributed by atoms with Gasteiger partial charge < -0.3 is 14.2 Å². The fourth-order valence-corrected chi connectivity index (χ4v) is 4.45. The van der Waals surface area contributed by atoms with E-state index in [0.717, 1.165) is 0 Å². The van der Waals surface area contributed by atoms with Crippen molar-refractivity contribution in [1.82, 2.24) is 10.2 Å². The lowest BCUT2D eigenvalue weighted by molar-refractivity contribution is -0.134. The maximum atomic E-state index is 11.7. The van der Waals surface area contributed by atoms with Crippen LogP contribution >= 0.6 is 15.9 Å². The Morgan fingerprint density at radius 1 is 1.00 bits per heavy atom. The van der Waals surface area contributed by atoms with Crippen LogP contribution in [-0.4, -0.2) is 28.6 Å². The second kappa shape index (κ2) is 7.23. The zero-order chi connectivity index (χ0) is 12.9. The lowest BCUT2D eigenvalue weighted by Crippen LogP contribution is -2.27. The van der Waals surface area contributed by atoms with Gasteiger partial charge in [-0.15, -0.1) is 0 Å². The summed E-state index contributed by atoms with van der Waals surface area (Å²) in [5.74, 6) is -1.28. The van der Waals surface area contributed by atoms with Gasteiger partial charge in [0.1, 0.15) is 0 Å². The molecule has 3 N–H and O–H groups in total. The smallest absolute Gasteiger partial charge is 0.323 e. The monoisotopic (exact) mass is 270 g/mol. The van der Waals surface area contributed by atoms with Crippen LogP contribution in [0, 0.1) is 0 Å². The highest BCUT2D eigenvalue weighted by molar-refractivity contribution is 7.63. The van der Waals surface area contributed by atoms with Gasteiger partial charge in [-0.05, 0) is 27.7 Å². The maximum absolute atomic E-state index is 11.7. The summed E-state index contributed by atoms with van der Waals surface area (Å²) in [5.41, 5.74) is 0. The number of nitrogens with one attached hydrogen (secondary N) is 2. The van der Waals surface area contributed by atoms with Crippen LogP contribution in [0.5, 0.6) is 0 Å². The zero-order valence-electron chi connectivity index (χ0n) is 9.90. The molecule has 0 saturated heterocycles. The lowest BCUT2D eigenvalue weighted by atomic mass is 10.4. The maximum Gasteiger partial charge on any atom is 0.323 e. The molecule has 8 heteroatoms. The van der Waals surface area contributed by atoms with E-state index in [1.165, 1.54) is 0 Å². The second-order valence-electron chi connectivity index (χ2n) is 4.10. The number of carbonyl (C=O) groups is 1. The minimum Gasteiger partial charge on any atom is -0.480 e. The molecule has 0 fully saturated rings. The normalized spacial score (nSPS) is 17.4. The Kier molecular flexibility index (Phi) is 7.16. The van der Waals surface area contributed by atoms with E-state index < -0.39 is 27.3 Å². The van der Waals surface area contributed by atoms with Crippen molar-refractivity contribution in [2.24, 2.45) is 0 Å². The number of carboxylic acid groups (broad SMARTS) is 1. The van der Waals surface area contributed by atoms with E-state index >= 15 is 0 Å². The molecule has 0 aliphatic rings. The van der Waals surface area contributed by atoms with E-state index in [2.05, 4.69) is 10.2 Å². The number of hydrogen-bond acceptors (Lipinski definition) is 3. The average Bonchev–Trinajstić information content (AvgIpc) is 1.98. The standard InChI is InChI=1S/C8H20N2O4P2/c1-5(2)9-15(13)8(7(11)12)16(14)10-6(3)4/h5-6,8,15-16H,1-4H3,(H,9,13)(H,10,14)(H,11,12). The first-order chi connectivity index (χ1) is 7.25. The van der Waals surface area contributed by atoms with Crippen molar-refractivity contribution in [3.8, 4) is 0 Å². The summed E-state index contributed by atoms with van der Waals surface area (Å²) in [6.45, 7) is 7.03. The van der Waals surface area contributed by atoms with Crippen molar-refractivity contribution in [3.05, 3.63) is 0 Å². The van der Waals surface area contributed by atoms with Crippen LogP contribution in [0.15, 0.2) is 0 Å². The predicted octanol–water partition coefficient (Wildman–Crippen LogP) is 1.34. The molecule has 0 aromatic heterocycles. The summed E-state index contributed by atoms with van der Waals surface area (Å²) in [7, 11) is -5.20. The SMILES string of the molecule is CC(C)N[PH](=O)C(C(=O)O)[PH](=O)NC(C)C. The van der Waals surface area contributed by atoms with E-state index in [1.54, 1.807) is 27.7 Å². The number of carboxylic acids is 1. The lowest BCUT2D eigenvalue weighted by Gasteiger charge is -2.17. The van der Waals surface area contributed by atoms with Crippen LogP contribution in [0.1, 0.15) is 27.7 Å². The molecule has 0 spiro atoms. The fraction of sp³-hybridized carbons (Fsp3) is 0.875. The molecule has 16 heavy (non-hydrogen) atoms. The van der Waals surface area contributed by atoms with Crippen LogP contribution in [-0.2, 0) is 13.9 Å². The summed E-state index contributed by atoms with van der Waals surface area (Å²) >= 11 is 0. The van der Waals surface area contributed by atoms with Crippen LogP contribution in [0.4, 0.5) is 0 Å². The minimum atomic E-state index is -2.60. The molecule has 0 heterocycles. The van der Waals surface area contributed by atoms with Crippen molar-refractivity contribution >= 4 is 21.9 Å². The third-order valence-electron chi connectivity index (χ3n) is 1.63. The largest absolute Gasteiger partial charge is 0.480 e. The van der Waals surface area contributed by atoms with Gasteiger partial charge in [-0.25, -0.2) is 0 Å². The zero-order valence-corrected chi connectivity index (χ0v) is 11.9. The van der Waals surface area contributed by atoms with Gasteiger partial charge in [0.25, 0.3) is 0 Å². The van der Waals surface area contributed by atoms with Gasteiger partial charge in [0.2, 0.25) is 0 Å². The van der Waals surface area contributed by atoms with E-state index in [9.17, 15) is 13.9 Å². The van der Waals surface area contributed by atoms with Crippen LogP contribution in [0.2, 0.25) is 0 Å². The Hall–Kier alpha value is -0.150. The molecule has 2 atom stereocenters. The summed E-state index contributed by atoms with van der Waals surface area (Å²) < 4.78 is 23.4. The average molecular weight is 270 g/mol. The Bertz CT molecular complexity index is 272. The third kappa shape index (κ3) is 5.80. The molecule has 0 bridgehead atoms. The van der Waals surface area contributed by atoms with E-state index in [0.29, 0.717) is 0 Å². The van der Waals surface area contributed by atoms with Crippen LogP contribution < -0.4 is 10.2 Å². The van der Waals surface area contributed by atoms with E-state index in [1.807, 2.05) is 0 Å². The molecular formula is C8H20N2O4P2. The highest BCUT2D eigenvalue weighted by Gasteiger charge is 2.31. The number of aliphatic carboxylic acids is 1. The van der Waals surface area contributed by atoms with Crippen molar-refractivity contribution in [2.75, 3.05) is 0 Å². The van der Waals surface area contributed by atoms with Gasteiger partial charge in [0.05, 0.1) is 0 Å². The molecule has 0 aromatic rings. The van der Waals surface area contributed by atoms with Gasteiger partial charge in [-0.2, -0.15) is 0 Å². The number of rotatable bonds is 7. The quantitative estimate of drug-likeness (QED) is 0.604. The molecule has 2 unspecified atom stereocenters.